The van der Waals surface area contributed by atoms with Gasteiger partial charge in [0, 0.05) is 22.4 Å². The first-order valence-corrected chi connectivity index (χ1v) is 9.21. The molecule has 0 aliphatic rings. The highest BCUT2D eigenvalue weighted by Crippen LogP contribution is 2.26. The van der Waals surface area contributed by atoms with Crippen molar-refractivity contribution in [2.24, 2.45) is 0 Å². The van der Waals surface area contributed by atoms with Crippen LogP contribution < -0.4 is 5.32 Å². The predicted octanol–water partition coefficient (Wildman–Crippen LogP) is 4.70. The van der Waals surface area contributed by atoms with Gasteiger partial charge in [0.05, 0.1) is 5.69 Å². The molecule has 122 valence electrons. The van der Waals surface area contributed by atoms with Crippen LogP contribution in [0.3, 0.4) is 0 Å². The lowest BCUT2D eigenvalue weighted by Gasteiger charge is -2.07. The highest BCUT2D eigenvalue weighted by Gasteiger charge is 2.09. The van der Waals surface area contributed by atoms with Crippen LogP contribution in [0.4, 0.5) is 5.69 Å². The minimum absolute atomic E-state index is 0.0533. The van der Waals surface area contributed by atoms with E-state index >= 15 is 0 Å². The van der Waals surface area contributed by atoms with Gasteiger partial charge in [-0.05, 0) is 36.8 Å². The molecule has 0 radical (unpaired) electrons. The molecule has 3 rings (SSSR count). The summed E-state index contributed by atoms with van der Waals surface area (Å²) < 4.78 is 1.05. The third kappa shape index (κ3) is 4.15. The van der Waals surface area contributed by atoms with Crippen LogP contribution >= 0.6 is 23.1 Å². The van der Waals surface area contributed by atoms with Crippen molar-refractivity contribution in [1.29, 1.82) is 0 Å². The van der Waals surface area contributed by atoms with Gasteiger partial charge in [-0.2, -0.15) is 0 Å². The number of aromatic hydroxyl groups is 1. The normalized spacial score (nSPS) is 10.5. The zero-order valence-corrected chi connectivity index (χ0v) is 14.7. The number of para-hydroxylation sites is 2. The van der Waals surface area contributed by atoms with Crippen molar-refractivity contribution in [2.45, 2.75) is 17.0 Å². The molecule has 1 heterocycles. The van der Waals surface area contributed by atoms with Gasteiger partial charge >= 0.3 is 0 Å². The Bertz CT molecular complexity index is 844. The number of amides is 1. The van der Waals surface area contributed by atoms with E-state index in [1.54, 1.807) is 53.4 Å². The quantitative estimate of drug-likeness (QED) is 0.514. The fraction of sp³-hybridized carbons (Fsp3) is 0.111. The molecule has 1 aromatic heterocycles. The molecule has 0 bridgehead atoms. The highest BCUT2D eigenvalue weighted by molar-refractivity contribution is 8.00. The number of aromatic nitrogens is 1. The average molecular weight is 356 g/mol. The third-order valence-electron chi connectivity index (χ3n) is 3.33. The SMILES string of the molecule is Cc1csc(SCc2ccc(C(=O)Nc3ccccc3O)cc2)n1. The maximum atomic E-state index is 12.2. The Morgan fingerprint density at radius 2 is 1.96 bits per heavy atom. The summed E-state index contributed by atoms with van der Waals surface area (Å²) in [6.45, 7) is 1.98. The molecule has 0 saturated carbocycles. The van der Waals surface area contributed by atoms with Gasteiger partial charge in [-0.3, -0.25) is 4.79 Å². The minimum Gasteiger partial charge on any atom is -0.506 e. The predicted molar refractivity (Wildman–Crippen MR) is 98.9 cm³/mol. The molecule has 2 N–H and O–H groups in total. The lowest BCUT2D eigenvalue weighted by Crippen LogP contribution is -2.11. The number of nitrogens with zero attached hydrogens (tertiary/aromatic N) is 1. The summed E-state index contributed by atoms with van der Waals surface area (Å²) in [4.78, 5) is 16.6. The van der Waals surface area contributed by atoms with E-state index in [2.05, 4.69) is 10.3 Å². The third-order valence-corrected chi connectivity index (χ3v) is 5.54. The van der Waals surface area contributed by atoms with E-state index in [0.29, 0.717) is 11.3 Å². The van der Waals surface area contributed by atoms with Crippen molar-refractivity contribution in [2.75, 3.05) is 5.32 Å². The standard InChI is InChI=1S/C18H16N2O2S2/c1-12-10-23-18(19-12)24-11-13-6-8-14(9-7-13)17(22)20-15-4-2-3-5-16(15)21/h2-10,21H,11H2,1H3,(H,20,22). The van der Waals surface area contributed by atoms with E-state index in [0.717, 1.165) is 21.3 Å². The van der Waals surface area contributed by atoms with Gasteiger partial charge in [-0.1, -0.05) is 36.0 Å². The number of hydrogen-bond donors (Lipinski definition) is 2. The fourth-order valence-corrected chi connectivity index (χ4v) is 3.88. The molecular formula is C18H16N2O2S2. The summed E-state index contributed by atoms with van der Waals surface area (Å²) in [5, 5.41) is 14.4. The van der Waals surface area contributed by atoms with Gasteiger partial charge in [0.2, 0.25) is 0 Å². The molecule has 0 aliphatic carbocycles. The summed E-state index contributed by atoms with van der Waals surface area (Å²) in [6.07, 6.45) is 0. The molecule has 2 aromatic carbocycles. The number of hydrogen-bond acceptors (Lipinski definition) is 5. The van der Waals surface area contributed by atoms with Gasteiger partial charge < -0.3 is 10.4 Å². The second-order valence-corrected chi connectivity index (χ2v) is 7.29. The van der Waals surface area contributed by atoms with Crippen LogP contribution in [-0.2, 0) is 5.75 Å². The first-order valence-electron chi connectivity index (χ1n) is 7.35. The van der Waals surface area contributed by atoms with Crippen molar-refractivity contribution in [1.82, 2.24) is 4.98 Å². The molecule has 6 heteroatoms. The topological polar surface area (TPSA) is 62.2 Å². The molecule has 1 amide bonds. The Morgan fingerprint density at radius 1 is 1.21 bits per heavy atom. The van der Waals surface area contributed by atoms with Crippen LogP contribution in [-0.4, -0.2) is 16.0 Å². The maximum absolute atomic E-state index is 12.2. The lowest BCUT2D eigenvalue weighted by atomic mass is 10.1. The van der Waals surface area contributed by atoms with Gasteiger partial charge in [-0.15, -0.1) is 11.3 Å². The Kier molecular flexibility index (Phi) is 5.17. The largest absolute Gasteiger partial charge is 0.506 e. The number of aryl methyl sites for hydroxylation is 1. The van der Waals surface area contributed by atoms with Crippen LogP contribution in [0.25, 0.3) is 0 Å². The number of anilines is 1. The van der Waals surface area contributed by atoms with E-state index < -0.39 is 0 Å². The molecule has 4 nitrogen and oxygen atoms in total. The summed E-state index contributed by atoms with van der Waals surface area (Å²) in [7, 11) is 0. The van der Waals surface area contributed by atoms with Crippen molar-refractivity contribution in [3.63, 3.8) is 0 Å². The second-order valence-electron chi connectivity index (χ2n) is 5.21. The first kappa shape index (κ1) is 16.5. The van der Waals surface area contributed by atoms with Crippen LogP contribution in [0.15, 0.2) is 58.3 Å². The number of carbonyl (C=O) groups excluding carboxylic acids is 1. The lowest BCUT2D eigenvalue weighted by molar-refractivity contribution is 0.102. The molecule has 0 aliphatic heterocycles. The van der Waals surface area contributed by atoms with E-state index in [4.69, 9.17) is 0 Å². The van der Waals surface area contributed by atoms with Crippen LogP contribution in [0.1, 0.15) is 21.6 Å². The molecular weight excluding hydrogens is 340 g/mol. The average Bonchev–Trinajstić information content (AvgIpc) is 3.01. The van der Waals surface area contributed by atoms with E-state index in [1.165, 1.54) is 6.07 Å². The number of thioether (sulfide) groups is 1. The number of rotatable bonds is 5. The maximum Gasteiger partial charge on any atom is 0.255 e. The van der Waals surface area contributed by atoms with Crippen molar-refractivity contribution in [3.8, 4) is 5.75 Å². The monoisotopic (exact) mass is 356 g/mol. The smallest absolute Gasteiger partial charge is 0.255 e. The zero-order chi connectivity index (χ0) is 16.9. The Balaban J connectivity index is 1.61. The number of phenols is 1. The summed E-state index contributed by atoms with van der Waals surface area (Å²) >= 11 is 3.33. The first-order chi connectivity index (χ1) is 11.6. The van der Waals surface area contributed by atoms with E-state index in [9.17, 15) is 9.90 Å². The summed E-state index contributed by atoms with van der Waals surface area (Å²) in [6, 6.07) is 14.1. The molecule has 0 unspecified atom stereocenters. The molecule has 0 fully saturated rings. The Labute approximate surface area is 148 Å². The van der Waals surface area contributed by atoms with Crippen molar-refractivity contribution >= 4 is 34.7 Å². The molecule has 3 aromatic rings. The highest BCUT2D eigenvalue weighted by atomic mass is 32.2. The van der Waals surface area contributed by atoms with Gasteiger partial charge in [0.15, 0.2) is 0 Å². The summed E-state index contributed by atoms with van der Waals surface area (Å²) in [5.41, 5.74) is 3.13. The molecule has 0 spiro atoms. The van der Waals surface area contributed by atoms with Crippen molar-refractivity contribution < 1.29 is 9.90 Å². The fourth-order valence-electron chi connectivity index (χ4n) is 2.07. The Morgan fingerprint density at radius 3 is 2.62 bits per heavy atom. The van der Waals surface area contributed by atoms with Crippen molar-refractivity contribution in [3.05, 3.63) is 70.7 Å². The van der Waals surface area contributed by atoms with Gasteiger partial charge in [-0.25, -0.2) is 4.98 Å². The number of thiazole rings is 1. The van der Waals surface area contributed by atoms with Crippen LogP contribution in [0.2, 0.25) is 0 Å². The number of carbonyl (C=O) groups is 1. The van der Waals surface area contributed by atoms with Crippen LogP contribution in [0, 0.1) is 6.92 Å². The van der Waals surface area contributed by atoms with E-state index in [-0.39, 0.29) is 11.7 Å². The van der Waals surface area contributed by atoms with Crippen LogP contribution in [0.5, 0.6) is 5.75 Å². The molecule has 24 heavy (non-hydrogen) atoms. The number of nitrogens with one attached hydrogen (secondary N) is 1. The van der Waals surface area contributed by atoms with Gasteiger partial charge in [0.1, 0.15) is 10.1 Å². The molecule has 0 atom stereocenters. The minimum atomic E-state index is -0.244. The number of benzene rings is 2. The van der Waals surface area contributed by atoms with Gasteiger partial charge in [0.25, 0.3) is 5.91 Å². The summed E-state index contributed by atoms with van der Waals surface area (Å²) in [5.74, 6) is 0.623. The molecule has 0 saturated heterocycles. The zero-order valence-electron chi connectivity index (χ0n) is 13.0. The number of phenolic OH excluding ortho intramolecular Hbond substituents is 1. The second kappa shape index (κ2) is 7.51. The Hall–Kier alpha value is -2.31. The van der Waals surface area contributed by atoms with E-state index in [1.807, 2.05) is 24.4 Å².